The molecular weight excluding hydrogens is 380 g/mol. The first kappa shape index (κ1) is 19.5. The van der Waals surface area contributed by atoms with Crippen molar-refractivity contribution in [1.82, 2.24) is 10.3 Å². The van der Waals surface area contributed by atoms with E-state index in [2.05, 4.69) is 48.6 Å². The number of benzene rings is 3. The number of para-hydroxylation sites is 1. The number of aryl methyl sites for hydroxylation is 1. The second-order valence-electron chi connectivity index (χ2n) is 8.19. The zero-order valence-electron chi connectivity index (χ0n) is 17.8. The molecule has 4 aromatic rings. The molecule has 0 saturated heterocycles. The minimum absolute atomic E-state index is 0.00932. The van der Waals surface area contributed by atoms with Gasteiger partial charge in [0.25, 0.3) is 5.91 Å². The molecule has 1 amide bonds. The lowest BCUT2D eigenvalue weighted by atomic mass is 9.94. The molecule has 1 N–H and O–H groups in total. The molecule has 1 aromatic heterocycles. The molecule has 1 aliphatic carbocycles. The number of aromatic nitrogens is 1. The van der Waals surface area contributed by atoms with Gasteiger partial charge in [0.05, 0.1) is 22.8 Å². The van der Waals surface area contributed by atoms with Gasteiger partial charge in [-0.15, -0.1) is 0 Å². The van der Waals surface area contributed by atoms with Crippen LogP contribution >= 0.6 is 0 Å². The Morgan fingerprint density at radius 3 is 2.52 bits per heavy atom. The molecule has 1 unspecified atom stereocenters. The van der Waals surface area contributed by atoms with Crippen LogP contribution in [0.2, 0.25) is 0 Å². The third-order valence-corrected chi connectivity index (χ3v) is 6.28. The summed E-state index contributed by atoms with van der Waals surface area (Å²) in [6, 6.07) is 26.7. The number of amides is 1. The summed E-state index contributed by atoms with van der Waals surface area (Å²) in [6.45, 7) is 2.11. The average Bonchev–Trinajstić information content (AvgIpc) is 3.00. The first-order valence-corrected chi connectivity index (χ1v) is 11.1. The minimum Gasteiger partial charge on any atom is -0.345 e. The van der Waals surface area contributed by atoms with Gasteiger partial charge in [-0.3, -0.25) is 4.79 Å². The molecule has 1 aliphatic rings. The number of nitrogens with one attached hydrogen (secondary N) is 1. The van der Waals surface area contributed by atoms with Crippen LogP contribution in [0.4, 0.5) is 0 Å². The molecule has 31 heavy (non-hydrogen) atoms. The van der Waals surface area contributed by atoms with E-state index in [4.69, 9.17) is 4.98 Å². The second kappa shape index (κ2) is 8.35. The molecule has 5 rings (SSSR count). The largest absolute Gasteiger partial charge is 0.345 e. The lowest BCUT2D eigenvalue weighted by Crippen LogP contribution is -2.29. The summed E-state index contributed by atoms with van der Waals surface area (Å²) in [7, 11) is 0. The highest BCUT2D eigenvalue weighted by Gasteiger charge is 2.25. The van der Waals surface area contributed by atoms with Crippen molar-refractivity contribution in [3.05, 3.63) is 101 Å². The van der Waals surface area contributed by atoms with Gasteiger partial charge in [0.2, 0.25) is 0 Å². The molecule has 0 radical (unpaired) electrons. The quantitative estimate of drug-likeness (QED) is 0.434. The standard InChI is InChI=1S/C28H26N2O/c1-2-24(20-12-4-3-5-13-20)30-28(31)26-22-16-8-9-18-25(22)29-27-21-15-7-6-11-19(21)14-10-17-23(26)27/h3-9,11-13,15-16,18,24H,2,10,14,17H2,1H3,(H,30,31). The number of nitrogens with zero attached hydrogens (tertiary/aromatic N) is 1. The highest BCUT2D eigenvalue weighted by molar-refractivity contribution is 6.09. The van der Waals surface area contributed by atoms with Crippen LogP contribution in [-0.4, -0.2) is 10.9 Å². The fourth-order valence-corrected chi connectivity index (χ4v) is 4.74. The molecule has 1 atom stereocenters. The lowest BCUT2D eigenvalue weighted by Gasteiger charge is -2.21. The number of fused-ring (bicyclic) bond motifs is 4. The van der Waals surface area contributed by atoms with Gasteiger partial charge in [-0.25, -0.2) is 4.98 Å². The van der Waals surface area contributed by atoms with E-state index in [9.17, 15) is 4.79 Å². The van der Waals surface area contributed by atoms with E-state index >= 15 is 0 Å². The Labute approximate surface area is 183 Å². The van der Waals surface area contributed by atoms with Crippen LogP contribution in [0.15, 0.2) is 78.9 Å². The molecule has 0 bridgehead atoms. The summed E-state index contributed by atoms with van der Waals surface area (Å²) in [4.78, 5) is 18.8. The summed E-state index contributed by atoms with van der Waals surface area (Å²) < 4.78 is 0. The van der Waals surface area contributed by atoms with Crippen LogP contribution in [0.1, 0.15) is 52.9 Å². The third kappa shape index (κ3) is 3.61. The molecule has 1 heterocycles. The normalized spacial score (nSPS) is 13.7. The Bertz CT molecular complexity index is 1250. The Kier molecular flexibility index (Phi) is 5.25. The summed E-state index contributed by atoms with van der Waals surface area (Å²) in [6.07, 6.45) is 3.71. The molecular formula is C28H26N2O. The van der Waals surface area contributed by atoms with Crippen molar-refractivity contribution in [1.29, 1.82) is 0 Å². The Morgan fingerprint density at radius 1 is 0.935 bits per heavy atom. The molecule has 0 fully saturated rings. The predicted molar refractivity (Wildman–Crippen MR) is 126 cm³/mol. The number of hydrogen-bond donors (Lipinski definition) is 1. The van der Waals surface area contributed by atoms with Gasteiger partial charge in [0.15, 0.2) is 0 Å². The van der Waals surface area contributed by atoms with E-state index in [-0.39, 0.29) is 11.9 Å². The highest BCUT2D eigenvalue weighted by Crippen LogP contribution is 2.36. The fraction of sp³-hybridized carbons (Fsp3) is 0.214. The van der Waals surface area contributed by atoms with E-state index in [0.717, 1.165) is 64.5 Å². The molecule has 3 aromatic carbocycles. The van der Waals surface area contributed by atoms with Crippen molar-refractivity contribution >= 4 is 16.8 Å². The zero-order chi connectivity index (χ0) is 21.2. The van der Waals surface area contributed by atoms with Gasteiger partial charge in [-0.1, -0.05) is 79.7 Å². The summed E-state index contributed by atoms with van der Waals surface area (Å²) >= 11 is 0. The molecule has 0 spiro atoms. The maximum absolute atomic E-state index is 13.8. The smallest absolute Gasteiger partial charge is 0.252 e. The number of hydrogen-bond acceptors (Lipinski definition) is 2. The molecule has 3 heteroatoms. The van der Waals surface area contributed by atoms with E-state index in [1.165, 1.54) is 5.56 Å². The van der Waals surface area contributed by atoms with E-state index in [0.29, 0.717) is 0 Å². The van der Waals surface area contributed by atoms with Crippen molar-refractivity contribution in [2.45, 2.75) is 38.6 Å². The van der Waals surface area contributed by atoms with Gasteiger partial charge in [-0.2, -0.15) is 0 Å². The third-order valence-electron chi connectivity index (χ3n) is 6.28. The fourth-order valence-electron chi connectivity index (χ4n) is 4.74. The molecule has 3 nitrogen and oxygen atoms in total. The summed E-state index contributed by atoms with van der Waals surface area (Å²) in [5.41, 5.74) is 7.29. The highest BCUT2D eigenvalue weighted by atomic mass is 16.1. The Balaban J connectivity index is 1.67. The van der Waals surface area contributed by atoms with Crippen molar-refractivity contribution in [3.8, 4) is 11.3 Å². The predicted octanol–water partition coefficient (Wildman–Crippen LogP) is 6.27. The molecule has 0 aliphatic heterocycles. The van der Waals surface area contributed by atoms with Crippen LogP contribution in [0, 0.1) is 0 Å². The number of pyridine rings is 1. The number of carbonyl (C=O) groups is 1. The monoisotopic (exact) mass is 406 g/mol. The van der Waals surface area contributed by atoms with Crippen LogP contribution < -0.4 is 5.32 Å². The second-order valence-corrected chi connectivity index (χ2v) is 8.19. The lowest BCUT2D eigenvalue weighted by molar-refractivity contribution is 0.0936. The maximum Gasteiger partial charge on any atom is 0.252 e. The Morgan fingerprint density at radius 2 is 1.68 bits per heavy atom. The first-order chi connectivity index (χ1) is 15.3. The van der Waals surface area contributed by atoms with Gasteiger partial charge >= 0.3 is 0 Å². The van der Waals surface area contributed by atoms with E-state index in [1.54, 1.807) is 0 Å². The average molecular weight is 407 g/mol. The maximum atomic E-state index is 13.8. The van der Waals surface area contributed by atoms with Gasteiger partial charge in [-0.05, 0) is 48.4 Å². The van der Waals surface area contributed by atoms with Gasteiger partial charge < -0.3 is 5.32 Å². The van der Waals surface area contributed by atoms with Crippen molar-refractivity contribution < 1.29 is 4.79 Å². The van der Waals surface area contributed by atoms with Crippen molar-refractivity contribution in [3.63, 3.8) is 0 Å². The Hall–Kier alpha value is -3.46. The summed E-state index contributed by atoms with van der Waals surface area (Å²) in [5, 5.41) is 4.25. The van der Waals surface area contributed by atoms with Gasteiger partial charge in [0, 0.05) is 10.9 Å². The van der Waals surface area contributed by atoms with Crippen LogP contribution in [0.3, 0.4) is 0 Å². The summed E-state index contributed by atoms with van der Waals surface area (Å²) in [5.74, 6) is -0.00932. The van der Waals surface area contributed by atoms with E-state index < -0.39 is 0 Å². The van der Waals surface area contributed by atoms with Crippen molar-refractivity contribution in [2.24, 2.45) is 0 Å². The van der Waals surface area contributed by atoms with Crippen molar-refractivity contribution in [2.75, 3.05) is 0 Å². The molecule has 154 valence electrons. The van der Waals surface area contributed by atoms with Crippen LogP contribution in [-0.2, 0) is 12.8 Å². The minimum atomic E-state index is -0.0191. The van der Waals surface area contributed by atoms with E-state index in [1.807, 2.05) is 42.5 Å². The number of carbonyl (C=O) groups excluding carboxylic acids is 1. The van der Waals surface area contributed by atoms with Crippen LogP contribution in [0.5, 0.6) is 0 Å². The van der Waals surface area contributed by atoms with Gasteiger partial charge in [0.1, 0.15) is 0 Å². The van der Waals surface area contributed by atoms with Crippen LogP contribution in [0.25, 0.3) is 22.2 Å². The first-order valence-electron chi connectivity index (χ1n) is 11.1. The SMILES string of the molecule is CCC(NC(=O)c1c2c(nc3ccccc13)-c1ccccc1CCC2)c1ccccc1. The topological polar surface area (TPSA) is 42.0 Å². The molecule has 0 saturated carbocycles. The number of rotatable bonds is 4. The zero-order valence-corrected chi connectivity index (χ0v) is 17.8.